The van der Waals surface area contributed by atoms with Crippen molar-refractivity contribution < 1.29 is 27.4 Å². The predicted octanol–water partition coefficient (Wildman–Crippen LogP) is 3.99. The number of rotatable bonds is 6. The van der Waals surface area contributed by atoms with Gasteiger partial charge in [-0.3, -0.25) is 15.2 Å². The first kappa shape index (κ1) is 22.3. The number of hydrogen-bond acceptors (Lipinski definition) is 5. The van der Waals surface area contributed by atoms with Crippen LogP contribution in [0.5, 0.6) is 6.01 Å². The van der Waals surface area contributed by atoms with E-state index < -0.39 is 23.9 Å². The SMILES string of the molecule is COc1nc2cc(-c3cc(C)[nH]n3)ccc2n1C(NC(=O)c1ccccc1)(OC)C(F)(F)F. The van der Waals surface area contributed by atoms with Crippen molar-refractivity contribution in [2.75, 3.05) is 14.2 Å². The van der Waals surface area contributed by atoms with Crippen molar-refractivity contribution in [3.05, 3.63) is 65.9 Å². The maximum Gasteiger partial charge on any atom is 0.459 e. The van der Waals surface area contributed by atoms with Gasteiger partial charge in [-0.15, -0.1) is 0 Å². The summed E-state index contributed by atoms with van der Waals surface area (Å²) in [6.45, 7) is 1.83. The number of nitrogens with one attached hydrogen (secondary N) is 2. The van der Waals surface area contributed by atoms with E-state index in [0.717, 1.165) is 12.8 Å². The summed E-state index contributed by atoms with van der Waals surface area (Å²) in [6, 6.07) is 13.6. The lowest BCUT2D eigenvalue weighted by atomic mass is 10.1. The van der Waals surface area contributed by atoms with Gasteiger partial charge in [0, 0.05) is 23.9 Å². The Morgan fingerprint density at radius 2 is 1.82 bits per heavy atom. The molecule has 4 rings (SSSR count). The van der Waals surface area contributed by atoms with Crippen LogP contribution in [0.4, 0.5) is 13.2 Å². The van der Waals surface area contributed by atoms with Crippen molar-refractivity contribution in [2.45, 2.75) is 18.9 Å². The highest BCUT2D eigenvalue weighted by atomic mass is 19.4. The third kappa shape index (κ3) is 3.80. The van der Waals surface area contributed by atoms with Crippen molar-refractivity contribution in [3.8, 4) is 17.3 Å². The lowest BCUT2D eigenvalue weighted by Gasteiger charge is -2.36. The summed E-state index contributed by atoms with van der Waals surface area (Å²) in [7, 11) is 2.04. The molecule has 172 valence electrons. The van der Waals surface area contributed by atoms with Crippen LogP contribution in [0.2, 0.25) is 0 Å². The maximum absolute atomic E-state index is 14.5. The smallest absolute Gasteiger partial charge is 0.459 e. The lowest BCUT2D eigenvalue weighted by Crippen LogP contribution is -2.61. The molecule has 4 aromatic rings. The molecule has 0 aliphatic rings. The molecule has 1 unspecified atom stereocenters. The summed E-state index contributed by atoms with van der Waals surface area (Å²) in [6.07, 6.45) is -5.08. The van der Waals surface area contributed by atoms with Gasteiger partial charge in [-0.05, 0) is 37.3 Å². The molecule has 1 amide bonds. The fraction of sp³-hybridized carbons (Fsp3) is 0.227. The number of hydrogen-bond donors (Lipinski definition) is 2. The number of aromatic amines is 1. The Hall–Kier alpha value is -3.86. The Morgan fingerprint density at radius 3 is 2.39 bits per heavy atom. The molecule has 2 aromatic heterocycles. The number of carbonyl (C=O) groups excluding carboxylic acids is 1. The normalized spacial score (nSPS) is 13.6. The zero-order chi connectivity index (χ0) is 23.8. The van der Waals surface area contributed by atoms with E-state index in [-0.39, 0.29) is 16.6 Å². The van der Waals surface area contributed by atoms with Crippen LogP contribution < -0.4 is 10.1 Å². The van der Waals surface area contributed by atoms with Crippen molar-refractivity contribution in [1.29, 1.82) is 0 Å². The van der Waals surface area contributed by atoms with Gasteiger partial charge < -0.3 is 9.47 Å². The van der Waals surface area contributed by atoms with Gasteiger partial charge in [0.25, 0.3) is 5.91 Å². The first-order valence-corrected chi connectivity index (χ1v) is 9.79. The number of H-pyrrole nitrogens is 1. The van der Waals surface area contributed by atoms with Gasteiger partial charge in [0.2, 0.25) is 0 Å². The van der Waals surface area contributed by atoms with Crippen molar-refractivity contribution in [2.24, 2.45) is 0 Å². The summed E-state index contributed by atoms with van der Waals surface area (Å²) >= 11 is 0. The number of aryl methyl sites for hydroxylation is 1. The largest absolute Gasteiger partial charge is 0.468 e. The van der Waals surface area contributed by atoms with E-state index in [9.17, 15) is 18.0 Å². The minimum absolute atomic E-state index is 0.0303. The van der Waals surface area contributed by atoms with Gasteiger partial charge in [0.15, 0.2) is 0 Å². The first-order chi connectivity index (χ1) is 15.7. The number of imidazole rings is 1. The molecule has 0 bridgehead atoms. The molecule has 8 nitrogen and oxygen atoms in total. The molecule has 33 heavy (non-hydrogen) atoms. The summed E-state index contributed by atoms with van der Waals surface area (Å²) < 4.78 is 54.5. The van der Waals surface area contributed by atoms with E-state index in [1.165, 1.54) is 25.3 Å². The van der Waals surface area contributed by atoms with Crippen LogP contribution in [0.15, 0.2) is 54.6 Å². The van der Waals surface area contributed by atoms with Gasteiger partial charge in [-0.25, -0.2) is 4.57 Å². The van der Waals surface area contributed by atoms with Gasteiger partial charge in [-0.2, -0.15) is 23.3 Å². The van der Waals surface area contributed by atoms with E-state index in [1.54, 1.807) is 36.4 Å². The lowest BCUT2D eigenvalue weighted by molar-refractivity contribution is -0.317. The number of fused-ring (bicyclic) bond motifs is 1. The van der Waals surface area contributed by atoms with Gasteiger partial charge in [0.1, 0.15) is 0 Å². The van der Waals surface area contributed by atoms with Crippen molar-refractivity contribution in [3.63, 3.8) is 0 Å². The second-order valence-electron chi connectivity index (χ2n) is 7.24. The number of halogens is 3. The van der Waals surface area contributed by atoms with Crippen molar-refractivity contribution >= 4 is 16.9 Å². The Bertz CT molecular complexity index is 1300. The quantitative estimate of drug-likeness (QED) is 0.425. The van der Waals surface area contributed by atoms with Crippen LogP contribution in [0.3, 0.4) is 0 Å². The maximum atomic E-state index is 14.5. The number of methoxy groups -OCH3 is 2. The number of benzene rings is 2. The molecule has 0 aliphatic heterocycles. The monoisotopic (exact) mass is 459 g/mol. The standard InChI is InChI=1S/C22H20F3N5O3/c1-13-11-16(29-28-13)15-9-10-18-17(12-15)26-20(32-2)30(18)22(33-3,21(23,24)25)27-19(31)14-7-5-4-6-8-14/h4-12H,1-3H3,(H,27,31)(H,28,29). The molecule has 0 aliphatic carbocycles. The molecule has 0 fully saturated rings. The van der Waals surface area contributed by atoms with Crippen LogP contribution >= 0.6 is 0 Å². The second-order valence-corrected chi connectivity index (χ2v) is 7.24. The summed E-state index contributed by atoms with van der Waals surface area (Å²) in [5.41, 5.74) is 2.34. The Labute approximate surface area is 186 Å². The zero-order valence-electron chi connectivity index (χ0n) is 17.9. The molecule has 0 saturated heterocycles. The molecular formula is C22H20F3N5O3. The predicted molar refractivity (Wildman–Crippen MR) is 114 cm³/mol. The number of aromatic nitrogens is 4. The number of carbonyl (C=O) groups is 1. The summed E-state index contributed by atoms with van der Waals surface area (Å²) in [5.74, 6) is -4.27. The van der Waals surface area contributed by atoms with E-state index in [1.807, 2.05) is 12.2 Å². The van der Waals surface area contributed by atoms with Gasteiger partial charge >= 0.3 is 18.0 Å². The Kier molecular flexibility index (Phi) is 5.58. The average Bonchev–Trinajstić information content (AvgIpc) is 3.40. The summed E-state index contributed by atoms with van der Waals surface area (Å²) in [5, 5.41) is 8.98. The zero-order valence-corrected chi connectivity index (χ0v) is 17.9. The van der Waals surface area contributed by atoms with Gasteiger partial charge in [-0.1, -0.05) is 24.3 Å². The van der Waals surface area contributed by atoms with E-state index in [2.05, 4.69) is 15.2 Å². The molecular weight excluding hydrogens is 439 g/mol. The van der Waals surface area contributed by atoms with Crippen LogP contribution in [0.1, 0.15) is 16.1 Å². The van der Waals surface area contributed by atoms with E-state index >= 15 is 0 Å². The van der Waals surface area contributed by atoms with Gasteiger partial charge in [0.05, 0.1) is 23.8 Å². The Balaban J connectivity index is 1.89. The molecule has 2 aromatic carbocycles. The second kappa shape index (κ2) is 8.24. The molecule has 1 atom stereocenters. The minimum atomic E-state index is -5.08. The van der Waals surface area contributed by atoms with E-state index in [4.69, 9.17) is 9.47 Å². The molecule has 11 heteroatoms. The highest BCUT2D eigenvalue weighted by Gasteiger charge is 2.61. The van der Waals surface area contributed by atoms with Crippen LogP contribution in [0, 0.1) is 6.92 Å². The third-order valence-corrected chi connectivity index (χ3v) is 5.12. The van der Waals surface area contributed by atoms with E-state index in [0.29, 0.717) is 15.8 Å². The topological polar surface area (TPSA) is 94.1 Å². The summed E-state index contributed by atoms with van der Waals surface area (Å²) in [4.78, 5) is 17.0. The minimum Gasteiger partial charge on any atom is -0.468 e. The number of alkyl halides is 3. The number of nitrogens with zero attached hydrogens (tertiary/aromatic N) is 3. The molecule has 2 heterocycles. The Morgan fingerprint density at radius 1 is 1.09 bits per heavy atom. The van der Waals surface area contributed by atoms with Crippen LogP contribution in [0.25, 0.3) is 22.3 Å². The average molecular weight is 459 g/mol. The molecule has 2 N–H and O–H groups in total. The van der Waals surface area contributed by atoms with Crippen LogP contribution in [-0.4, -0.2) is 46.1 Å². The molecule has 0 radical (unpaired) electrons. The molecule has 0 saturated carbocycles. The van der Waals surface area contributed by atoms with Crippen molar-refractivity contribution in [1.82, 2.24) is 25.1 Å². The fourth-order valence-corrected chi connectivity index (χ4v) is 3.55. The fourth-order valence-electron chi connectivity index (χ4n) is 3.55. The highest BCUT2D eigenvalue weighted by Crippen LogP contribution is 2.41. The first-order valence-electron chi connectivity index (χ1n) is 9.79. The van der Waals surface area contributed by atoms with Crippen LogP contribution in [-0.2, 0) is 10.6 Å². The number of amides is 1. The third-order valence-electron chi connectivity index (χ3n) is 5.12. The number of ether oxygens (including phenoxy) is 2. The molecule has 0 spiro atoms. The highest BCUT2D eigenvalue weighted by molar-refractivity contribution is 5.94.